The maximum absolute atomic E-state index is 13.0. The fraction of sp³-hybridized carbons (Fsp3) is 0.550. The van der Waals surface area contributed by atoms with Gasteiger partial charge in [-0.1, -0.05) is 0 Å². The predicted molar refractivity (Wildman–Crippen MR) is 102 cm³/mol. The minimum atomic E-state index is -0.952. The minimum absolute atomic E-state index is 0.0804. The van der Waals surface area contributed by atoms with Crippen LogP contribution in [0.5, 0.6) is 0 Å². The molecule has 27 heavy (non-hydrogen) atoms. The van der Waals surface area contributed by atoms with Gasteiger partial charge >= 0.3 is 5.97 Å². The summed E-state index contributed by atoms with van der Waals surface area (Å²) in [5.74, 6) is -0.872. The Morgan fingerprint density at radius 2 is 1.74 bits per heavy atom. The Hall–Kier alpha value is -2.57. The summed E-state index contributed by atoms with van der Waals surface area (Å²) in [6, 6.07) is 2.44. The molecule has 3 rings (SSSR count). The second-order valence-electron chi connectivity index (χ2n) is 7.67. The van der Waals surface area contributed by atoms with Crippen LogP contribution in [0.3, 0.4) is 0 Å². The third kappa shape index (κ3) is 3.38. The van der Waals surface area contributed by atoms with Gasteiger partial charge in [-0.2, -0.15) is 5.10 Å². The number of carboxylic acid groups (broad SMARTS) is 1. The fourth-order valence-electron chi connectivity index (χ4n) is 4.27. The predicted octanol–water partition coefficient (Wildman–Crippen LogP) is 3.37. The maximum atomic E-state index is 13.0. The zero-order valence-electron chi connectivity index (χ0n) is 16.7. The van der Waals surface area contributed by atoms with Crippen LogP contribution >= 0.6 is 0 Å². The van der Waals surface area contributed by atoms with Gasteiger partial charge < -0.3 is 14.6 Å². The van der Waals surface area contributed by atoms with E-state index in [4.69, 9.17) is 0 Å². The summed E-state index contributed by atoms with van der Waals surface area (Å²) in [5, 5.41) is 13.5. The molecule has 0 spiro atoms. The largest absolute Gasteiger partial charge is 0.478 e. The van der Waals surface area contributed by atoms with Crippen LogP contribution in [-0.4, -0.2) is 49.3 Å². The number of amides is 1. The summed E-state index contributed by atoms with van der Waals surface area (Å²) in [6.07, 6.45) is 2.96. The summed E-state index contributed by atoms with van der Waals surface area (Å²) < 4.78 is 4.00. The first kappa shape index (κ1) is 19.2. The first-order chi connectivity index (χ1) is 12.7. The van der Waals surface area contributed by atoms with Crippen molar-refractivity contribution < 1.29 is 14.7 Å². The van der Waals surface area contributed by atoms with Crippen molar-refractivity contribution in [2.24, 2.45) is 0 Å². The molecule has 1 fully saturated rings. The van der Waals surface area contributed by atoms with Crippen LogP contribution in [0.15, 0.2) is 12.3 Å². The van der Waals surface area contributed by atoms with E-state index in [1.54, 1.807) is 11.6 Å². The molecule has 1 N–H and O–H groups in total. The number of aromatic nitrogens is 3. The maximum Gasteiger partial charge on any atom is 0.339 e. The van der Waals surface area contributed by atoms with Crippen molar-refractivity contribution in [2.75, 3.05) is 13.1 Å². The molecule has 2 aromatic rings. The molecule has 0 radical (unpaired) electrons. The smallest absolute Gasteiger partial charge is 0.339 e. The van der Waals surface area contributed by atoms with Crippen LogP contribution in [0.4, 0.5) is 0 Å². The van der Waals surface area contributed by atoms with Gasteiger partial charge in [-0.3, -0.25) is 9.48 Å². The number of piperidine rings is 1. The number of carbonyl (C=O) groups excluding carboxylic acids is 1. The third-order valence-electron chi connectivity index (χ3n) is 5.60. The molecule has 7 nitrogen and oxygen atoms in total. The molecule has 3 heterocycles. The summed E-state index contributed by atoms with van der Waals surface area (Å²) in [6.45, 7) is 11.4. The van der Waals surface area contributed by atoms with Gasteiger partial charge in [0.1, 0.15) is 5.56 Å². The van der Waals surface area contributed by atoms with Crippen LogP contribution < -0.4 is 0 Å². The van der Waals surface area contributed by atoms with E-state index in [1.807, 2.05) is 24.8 Å². The highest BCUT2D eigenvalue weighted by molar-refractivity contribution is 5.95. The van der Waals surface area contributed by atoms with Gasteiger partial charge in [0.05, 0.1) is 23.5 Å². The molecule has 7 heteroatoms. The second kappa shape index (κ2) is 7.21. The zero-order valence-corrected chi connectivity index (χ0v) is 16.7. The topological polar surface area (TPSA) is 80.4 Å². The summed E-state index contributed by atoms with van der Waals surface area (Å²) in [4.78, 5) is 26.1. The van der Waals surface area contributed by atoms with Crippen molar-refractivity contribution in [3.05, 3.63) is 40.5 Å². The Morgan fingerprint density at radius 3 is 2.22 bits per heavy atom. The molecular weight excluding hydrogens is 344 g/mol. The van der Waals surface area contributed by atoms with Gasteiger partial charge in [0.2, 0.25) is 0 Å². The van der Waals surface area contributed by atoms with E-state index in [1.165, 1.54) is 6.20 Å². The van der Waals surface area contributed by atoms with Crippen LogP contribution in [0.1, 0.15) is 76.6 Å². The number of likely N-dealkylation sites (tertiary alicyclic amines) is 1. The first-order valence-corrected chi connectivity index (χ1v) is 9.47. The van der Waals surface area contributed by atoms with Gasteiger partial charge in [-0.05, 0) is 53.5 Å². The second-order valence-corrected chi connectivity index (χ2v) is 7.67. The number of aromatic carboxylic acids is 1. The molecule has 0 atom stereocenters. The van der Waals surface area contributed by atoms with Crippen LogP contribution in [0.2, 0.25) is 0 Å². The van der Waals surface area contributed by atoms with E-state index in [2.05, 4.69) is 23.5 Å². The molecule has 1 saturated heterocycles. The van der Waals surface area contributed by atoms with Gasteiger partial charge in [0, 0.05) is 30.5 Å². The normalized spacial score (nSPS) is 15.6. The molecular formula is C20H28N4O3. The Bertz CT molecular complexity index is 870. The van der Waals surface area contributed by atoms with Gasteiger partial charge in [-0.25, -0.2) is 4.79 Å². The summed E-state index contributed by atoms with van der Waals surface area (Å²) >= 11 is 0. The number of nitrogens with zero attached hydrogens (tertiary/aromatic N) is 4. The van der Waals surface area contributed by atoms with E-state index in [-0.39, 0.29) is 17.5 Å². The monoisotopic (exact) mass is 372 g/mol. The molecule has 0 aliphatic carbocycles. The van der Waals surface area contributed by atoms with E-state index in [0.29, 0.717) is 24.8 Å². The Morgan fingerprint density at radius 1 is 1.11 bits per heavy atom. The quantitative estimate of drug-likeness (QED) is 0.892. The van der Waals surface area contributed by atoms with Crippen molar-refractivity contribution in [3.8, 4) is 0 Å². The summed E-state index contributed by atoms with van der Waals surface area (Å²) in [5.41, 5.74) is 3.82. The average molecular weight is 372 g/mol. The van der Waals surface area contributed by atoms with Gasteiger partial charge in [0.25, 0.3) is 5.91 Å². The van der Waals surface area contributed by atoms with Crippen LogP contribution in [0.25, 0.3) is 0 Å². The Labute approximate surface area is 159 Å². The fourth-order valence-corrected chi connectivity index (χ4v) is 4.27. The highest BCUT2D eigenvalue weighted by Gasteiger charge is 2.28. The van der Waals surface area contributed by atoms with Crippen molar-refractivity contribution in [2.45, 2.75) is 59.5 Å². The molecule has 0 unspecified atom stereocenters. The van der Waals surface area contributed by atoms with Crippen molar-refractivity contribution in [3.63, 3.8) is 0 Å². The molecule has 146 valence electrons. The molecule has 1 amide bonds. The molecule has 0 aromatic carbocycles. The Balaban J connectivity index is 1.72. The van der Waals surface area contributed by atoms with Crippen molar-refractivity contribution in [1.29, 1.82) is 0 Å². The zero-order chi connectivity index (χ0) is 19.9. The summed E-state index contributed by atoms with van der Waals surface area (Å²) in [7, 11) is 0. The van der Waals surface area contributed by atoms with Crippen molar-refractivity contribution in [1.82, 2.24) is 19.2 Å². The minimum Gasteiger partial charge on any atom is -0.478 e. The van der Waals surface area contributed by atoms with E-state index in [0.717, 1.165) is 29.8 Å². The lowest BCUT2D eigenvalue weighted by atomic mass is 10.0. The molecule has 0 bridgehead atoms. The van der Waals surface area contributed by atoms with E-state index in [9.17, 15) is 14.7 Å². The lowest BCUT2D eigenvalue weighted by Crippen LogP contribution is -2.39. The Kier molecular flexibility index (Phi) is 5.13. The standard InChI is InChI=1S/C20H28N4O3/c1-12(2)23-13(3)10-17(14(23)4)19(25)22-8-6-16(7-9-22)24-15(5)18(11-21-24)20(26)27/h10-12,16H,6-9H2,1-5H3,(H,26,27). The molecule has 2 aromatic heterocycles. The number of aryl methyl sites for hydroxylation is 1. The average Bonchev–Trinajstić information content (AvgIpc) is 3.14. The first-order valence-electron chi connectivity index (χ1n) is 9.47. The number of hydrogen-bond acceptors (Lipinski definition) is 3. The number of rotatable bonds is 4. The van der Waals surface area contributed by atoms with E-state index < -0.39 is 5.97 Å². The van der Waals surface area contributed by atoms with E-state index >= 15 is 0 Å². The third-order valence-corrected chi connectivity index (χ3v) is 5.60. The lowest BCUT2D eigenvalue weighted by molar-refractivity contribution is 0.0687. The van der Waals surface area contributed by atoms with Gasteiger partial charge in [-0.15, -0.1) is 0 Å². The van der Waals surface area contributed by atoms with Crippen LogP contribution in [0, 0.1) is 20.8 Å². The highest BCUT2D eigenvalue weighted by Crippen LogP contribution is 2.27. The SMILES string of the molecule is Cc1c(C(=O)O)cnn1C1CCN(C(=O)c2cc(C)n(C(C)C)c2C)CC1. The number of carbonyl (C=O) groups is 2. The van der Waals surface area contributed by atoms with Crippen molar-refractivity contribution >= 4 is 11.9 Å². The number of carboxylic acids is 1. The molecule has 1 aliphatic heterocycles. The highest BCUT2D eigenvalue weighted by atomic mass is 16.4. The lowest BCUT2D eigenvalue weighted by Gasteiger charge is -2.32. The number of hydrogen-bond donors (Lipinski definition) is 1. The van der Waals surface area contributed by atoms with Crippen LogP contribution in [-0.2, 0) is 0 Å². The van der Waals surface area contributed by atoms with Gasteiger partial charge in [0.15, 0.2) is 0 Å². The molecule has 1 aliphatic rings. The molecule has 0 saturated carbocycles.